The molecule has 3 aromatic rings. The molecular formula is C27H28ClF3N2O2. The standard InChI is InChI=1S/C27H28ClF3N2O2/c1-2-26(17-34,16-33-20-10-8-19(28)9-11-20)18-6-12-21(13-7-18)35-24-14-15-32-25-22(24)4-3-5-23(25)27(29,30)31/h3-5,8-11,14-15,17-18,21,33H,2,6-7,12-13,16H2,1H3/t18-,21-,26?. The normalized spacial score (nSPS) is 20.3. The quantitative estimate of drug-likeness (QED) is 0.322. The molecule has 186 valence electrons. The number of para-hydroxylation sites is 1. The Kier molecular flexibility index (Phi) is 7.55. The number of benzene rings is 2. The Labute approximate surface area is 207 Å². The number of hydrogen-bond donors (Lipinski definition) is 1. The van der Waals surface area contributed by atoms with Crippen LogP contribution in [0.4, 0.5) is 18.9 Å². The summed E-state index contributed by atoms with van der Waals surface area (Å²) >= 11 is 5.96. The summed E-state index contributed by atoms with van der Waals surface area (Å²) in [5, 5.41) is 4.39. The predicted molar refractivity (Wildman–Crippen MR) is 132 cm³/mol. The van der Waals surface area contributed by atoms with E-state index in [9.17, 15) is 18.0 Å². The van der Waals surface area contributed by atoms with Crippen molar-refractivity contribution in [3.05, 3.63) is 65.3 Å². The van der Waals surface area contributed by atoms with Crippen LogP contribution in [0.25, 0.3) is 10.9 Å². The Morgan fingerprint density at radius 2 is 1.80 bits per heavy atom. The van der Waals surface area contributed by atoms with Gasteiger partial charge in [0.25, 0.3) is 0 Å². The van der Waals surface area contributed by atoms with Crippen LogP contribution in [0.5, 0.6) is 5.75 Å². The van der Waals surface area contributed by atoms with Gasteiger partial charge in [-0.1, -0.05) is 24.6 Å². The lowest BCUT2D eigenvalue weighted by atomic mass is 9.67. The largest absolute Gasteiger partial charge is 0.490 e. The molecule has 1 heterocycles. The zero-order valence-corrected chi connectivity index (χ0v) is 20.2. The number of nitrogens with one attached hydrogen (secondary N) is 1. The number of halogens is 4. The number of ether oxygens (including phenoxy) is 1. The van der Waals surface area contributed by atoms with Crippen molar-refractivity contribution in [3.63, 3.8) is 0 Å². The molecule has 1 saturated carbocycles. The third-order valence-corrected chi connectivity index (χ3v) is 7.43. The van der Waals surface area contributed by atoms with Gasteiger partial charge in [0.2, 0.25) is 0 Å². The topological polar surface area (TPSA) is 51.2 Å². The van der Waals surface area contributed by atoms with Crippen molar-refractivity contribution in [1.82, 2.24) is 4.98 Å². The summed E-state index contributed by atoms with van der Waals surface area (Å²) in [6.45, 7) is 2.56. The van der Waals surface area contributed by atoms with Gasteiger partial charge in [-0.25, -0.2) is 0 Å². The zero-order valence-electron chi connectivity index (χ0n) is 19.4. The van der Waals surface area contributed by atoms with Gasteiger partial charge in [0.1, 0.15) is 12.0 Å². The van der Waals surface area contributed by atoms with E-state index >= 15 is 0 Å². The summed E-state index contributed by atoms with van der Waals surface area (Å²) in [6.07, 6.45) is 1.59. The molecule has 0 spiro atoms. The van der Waals surface area contributed by atoms with Gasteiger partial charge < -0.3 is 14.8 Å². The van der Waals surface area contributed by atoms with Gasteiger partial charge in [-0.3, -0.25) is 4.98 Å². The molecule has 8 heteroatoms. The fourth-order valence-electron chi connectivity index (χ4n) is 5.03. The third-order valence-electron chi connectivity index (χ3n) is 7.18. The first-order valence-electron chi connectivity index (χ1n) is 11.8. The van der Waals surface area contributed by atoms with Crippen molar-refractivity contribution in [2.45, 2.75) is 51.3 Å². The second-order valence-corrected chi connectivity index (χ2v) is 9.60. The lowest BCUT2D eigenvalue weighted by Crippen LogP contribution is -2.41. The number of anilines is 1. The van der Waals surface area contributed by atoms with E-state index in [2.05, 4.69) is 10.3 Å². The molecule has 35 heavy (non-hydrogen) atoms. The highest BCUT2D eigenvalue weighted by molar-refractivity contribution is 6.30. The molecule has 2 aromatic carbocycles. The minimum atomic E-state index is -4.48. The summed E-state index contributed by atoms with van der Waals surface area (Å²) in [7, 11) is 0. The first-order valence-corrected chi connectivity index (χ1v) is 12.2. The van der Waals surface area contributed by atoms with Crippen LogP contribution in [-0.2, 0) is 11.0 Å². The summed E-state index contributed by atoms with van der Waals surface area (Å²) in [4.78, 5) is 16.2. The van der Waals surface area contributed by atoms with Gasteiger partial charge >= 0.3 is 6.18 Å². The molecule has 1 fully saturated rings. The van der Waals surface area contributed by atoms with Gasteiger partial charge in [0.15, 0.2) is 0 Å². The number of carbonyl (C=O) groups excluding carboxylic acids is 1. The van der Waals surface area contributed by atoms with E-state index < -0.39 is 17.2 Å². The van der Waals surface area contributed by atoms with E-state index in [0.717, 1.165) is 43.7 Å². The number of nitrogens with zero attached hydrogens (tertiary/aromatic N) is 1. The van der Waals surface area contributed by atoms with Gasteiger partial charge in [0.05, 0.1) is 17.2 Å². The van der Waals surface area contributed by atoms with Crippen molar-refractivity contribution in [3.8, 4) is 5.75 Å². The number of carbonyl (C=O) groups is 1. The number of hydrogen-bond acceptors (Lipinski definition) is 4. The van der Waals surface area contributed by atoms with E-state index in [1.54, 1.807) is 24.3 Å². The molecule has 1 unspecified atom stereocenters. The van der Waals surface area contributed by atoms with E-state index in [1.165, 1.54) is 12.3 Å². The predicted octanol–water partition coefficient (Wildman–Crippen LogP) is 7.55. The van der Waals surface area contributed by atoms with Crippen molar-refractivity contribution in [1.29, 1.82) is 0 Å². The molecule has 4 nitrogen and oxygen atoms in total. The molecule has 0 amide bonds. The number of rotatable bonds is 8. The van der Waals surface area contributed by atoms with Crippen LogP contribution in [0.2, 0.25) is 5.02 Å². The summed E-state index contributed by atoms with van der Waals surface area (Å²) in [5.74, 6) is 0.599. The van der Waals surface area contributed by atoms with Gasteiger partial charge in [-0.05, 0) is 80.5 Å². The molecule has 1 aliphatic rings. The SMILES string of the molecule is CCC(C=O)(CNc1ccc(Cl)cc1)[C@H]1CC[C@H](Oc2ccnc3c(C(F)(F)F)cccc23)CC1. The van der Waals surface area contributed by atoms with Crippen LogP contribution in [0, 0.1) is 11.3 Å². The van der Waals surface area contributed by atoms with Crippen molar-refractivity contribution >= 4 is 34.5 Å². The molecule has 0 aliphatic heterocycles. The van der Waals surface area contributed by atoms with Crippen LogP contribution in [0.15, 0.2) is 54.7 Å². The summed E-state index contributed by atoms with van der Waals surface area (Å²) in [5.41, 5.74) is -0.467. The Bertz CT molecular complexity index is 1160. The minimum Gasteiger partial charge on any atom is -0.490 e. The monoisotopic (exact) mass is 504 g/mol. The molecule has 4 rings (SSSR count). The van der Waals surface area contributed by atoms with Crippen molar-refractivity contribution in [2.75, 3.05) is 11.9 Å². The van der Waals surface area contributed by atoms with Crippen LogP contribution >= 0.6 is 11.6 Å². The molecule has 0 radical (unpaired) electrons. The second-order valence-electron chi connectivity index (χ2n) is 9.17. The molecule has 1 aliphatic carbocycles. The minimum absolute atomic E-state index is 0.106. The lowest BCUT2D eigenvalue weighted by molar-refractivity contribution is -0.136. The summed E-state index contributed by atoms with van der Waals surface area (Å²) in [6, 6.07) is 13.0. The average molecular weight is 505 g/mol. The molecule has 0 saturated heterocycles. The Hall–Kier alpha value is -2.80. The van der Waals surface area contributed by atoms with Crippen LogP contribution in [0.1, 0.15) is 44.6 Å². The van der Waals surface area contributed by atoms with Gasteiger partial charge in [-0.2, -0.15) is 13.2 Å². The highest BCUT2D eigenvalue weighted by Gasteiger charge is 2.40. The lowest BCUT2D eigenvalue weighted by Gasteiger charge is -2.40. The fourth-order valence-corrected chi connectivity index (χ4v) is 5.16. The number of aldehydes is 1. The van der Waals surface area contributed by atoms with Crippen LogP contribution in [-0.4, -0.2) is 23.9 Å². The first-order chi connectivity index (χ1) is 16.8. The highest BCUT2D eigenvalue weighted by atomic mass is 35.5. The smallest absolute Gasteiger partial charge is 0.418 e. The first kappa shape index (κ1) is 25.3. The number of fused-ring (bicyclic) bond motifs is 1. The van der Waals surface area contributed by atoms with E-state index in [1.807, 2.05) is 19.1 Å². The van der Waals surface area contributed by atoms with Gasteiger partial charge in [0, 0.05) is 34.3 Å². The molecule has 1 aromatic heterocycles. The molecule has 0 bridgehead atoms. The third kappa shape index (κ3) is 5.56. The molecule has 1 atom stereocenters. The maximum absolute atomic E-state index is 13.4. The maximum Gasteiger partial charge on any atom is 0.418 e. The highest BCUT2D eigenvalue weighted by Crippen LogP contribution is 2.42. The number of aromatic nitrogens is 1. The molecule has 1 N–H and O–H groups in total. The average Bonchev–Trinajstić information content (AvgIpc) is 2.86. The van der Waals surface area contributed by atoms with E-state index in [-0.39, 0.29) is 17.5 Å². The maximum atomic E-state index is 13.4. The zero-order chi connectivity index (χ0) is 25.1. The number of pyridine rings is 1. The number of alkyl halides is 3. The van der Waals surface area contributed by atoms with Crippen LogP contribution < -0.4 is 10.1 Å². The Morgan fingerprint density at radius 1 is 1.09 bits per heavy atom. The fraction of sp³-hybridized carbons (Fsp3) is 0.407. The van der Waals surface area contributed by atoms with E-state index in [0.29, 0.717) is 29.1 Å². The van der Waals surface area contributed by atoms with E-state index in [4.69, 9.17) is 16.3 Å². The van der Waals surface area contributed by atoms with Gasteiger partial charge in [-0.15, -0.1) is 0 Å². The molecular weight excluding hydrogens is 477 g/mol. The second kappa shape index (κ2) is 10.4. The van der Waals surface area contributed by atoms with Crippen molar-refractivity contribution < 1.29 is 22.7 Å². The van der Waals surface area contributed by atoms with Crippen molar-refractivity contribution in [2.24, 2.45) is 11.3 Å². The Morgan fingerprint density at radius 3 is 2.43 bits per heavy atom. The Balaban J connectivity index is 1.43. The summed E-state index contributed by atoms with van der Waals surface area (Å²) < 4.78 is 46.4. The van der Waals surface area contributed by atoms with Crippen LogP contribution in [0.3, 0.4) is 0 Å².